The summed E-state index contributed by atoms with van der Waals surface area (Å²) in [6, 6.07) is 10.4. The number of aromatic nitrogens is 1. The van der Waals surface area contributed by atoms with E-state index in [1.165, 1.54) is 17.4 Å². The number of nitrogen functional groups attached to an aromatic ring is 1. The third-order valence-electron chi connectivity index (χ3n) is 2.72. The average Bonchev–Trinajstić information content (AvgIpc) is 2.78. The summed E-state index contributed by atoms with van der Waals surface area (Å²) < 4.78 is 40.9. The fraction of sp³-hybridized carbons (Fsp3) is 0. The van der Waals surface area contributed by atoms with Crippen molar-refractivity contribution in [3.05, 3.63) is 48.3 Å². The van der Waals surface area contributed by atoms with Crippen LogP contribution in [0.25, 0.3) is 10.2 Å². The Balaban J connectivity index is 1.98. The predicted molar refractivity (Wildman–Crippen MR) is 81.2 cm³/mol. The number of nitrogens with two attached hydrogens (primary N) is 1. The second-order valence-electron chi connectivity index (χ2n) is 4.31. The van der Waals surface area contributed by atoms with Crippen molar-refractivity contribution in [2.24, 2.45) is 0 Å². The van der Waals surface area contributed by atoms with Crippen LogP contribution in [0.3, 0.4) is 0 Å². The standard InChI is InChI=1S/C13H10FN3O2S2/c14-8-5-9(15)7-10(6-8)21(18,19)17-13-16-11-3-1-2-4-12(11)20-13/h1-7H,15H2,(H,16,17). The number of hydrogen-bond acceptors (Lipinski definition) is 5. The van der Waals surface area contributed by atoms with Gasteiger partial charge in [-0.05, 0) is 30.3 Å². The highest BCUT2D eigenvalue weighted by molar-refractivity contribution is 7.93. The van der Waals surface area contributed by atoms with Crippen LogP contribution in [0.15, 0.2) is 47.4 Å². The molecule has 0 bridgehead atoms. The molecule has 3 rings (SSSR count). The quantitative estimate of drug-likeness (QED) is 0.726. The Morgan fingerprint density at radius 2 is 1.95 bits per heavy atom. The number of nitrogens with one attached hydrogen (secondary N) is 1. The van der Waals surface area contributed by atoms with Gasteiger partial charge in [-0.25, -0.2) is 17.8 Å². The summed E-state index contributed by atoms with van der Waals surface area (Å²) in [6.45, 7) is 0. The van der Waals surface area contributed by atoms with Crippen molar-refractivity contribution >= 4 is 42.4 Å². The first kappa shape index (κ1) is 13.8. The molecule has 0 spiro atoms. The van der Waals surface area contributed by atoms with Crippen molar-refractivity contribution in [1.82, 2.24) is 4.98 Å². The number of fused-ring (bicyclic) bond motifs is 1. The maximum atomic E-state index is 13.3. The molecular weight excluding hydrogens is 313 g/mol. The van der Waals surface area contributed by atoms with Crippen molar-refractivity contribution in [3.63, 3.8) is 0 Å². The zero-order valence-electron chi connectivity index (χ0n) is 10.6. The molecule has 3 N–H and O–H groups in total. The van der Waals surface area contributed by atoms with E-state index in [2.05, 4.69) is 9.71 Å². The molecule has 0 fully saturated rings. The number of para-hydroxylation sites is 1. The lowest BCUT2D eigenvalue weighted by atomic mass is 10.3. The summed E-state index contributed by atoms with van der Waals surface area (Å²) >= 11 is 1.20. The monoisotopic (exact) mass is 323 g/mol. The van der Waals surface area contributed by atoms with Crippen LogP contribution in [0.2, 0.25) is 0 Å². The average molecular weight is 323 g/mol. The highest BCUT2D eigenvalue weighted by Gasteiger charge is 2.18. The third-order valence-corrected chi connectivity index (χ3v) is 5.12. The van der Waals surface area contributed by atoms with E-state index >= 15 is 0 Å². The van der Waals surface area contributed by atoms with E-state index < -0.39 is 15.8 Å². The number of hydrogen-bond donors (Lipinski definition) is 2. The highest BCUT2D eigenvalue weighted by Crippen LogP contribution is 2.27. The Bertz CT molecular complexity index is 869. The smallest absolute Gasteiger partial charge is 0.263 e. The highest BCUT2D eigenvalue weighted by atomic mass is 32.2. The molecule has 0 aliphatic rings. The van der Waals surface area contributed by atoms with Crippen molar-refractivity contribution < 1.29 is 12.8 Å². The largest absolute Gasteiger partial charge is 0.399 e. The van der Waals surface area contributed by atoms with E-state index in [4.69, 9.17) is 5.73 Å². The van der Waals surface area contributed by atoms with Gasteiger partial charge >= 0.3 is 0 Å². The predicted octanol–water partition coefficient (Wildman–Crippen LogP) is 2.82. The number of sulfonamides is 1. The Kier molecular flexibility index (Phi) is 3.26. The fourth-order valence-corrected chi connectivity index (χ4v) is 3.99. The van der Waals surface area contributed by atoms with Gasteiger partial charge in [-0.3, -0.25) is 4.72 Å². The lowest BCUT2D eigenvalue weighted by molar-refractivity contribution is 0.595. The van der Waals surface area contributed by atoms with Gasteiger partial charge in [0.15, 0.2) is 5.13 Å². The second kappa shape index (κ2) is 4.97. The molecule has 0 saturated heterocycles. The minimum atomic E-state index is -3.93. The molecule has 8 heteroatoms. The lowest BCUT2D eigenvalue weighted by Gasteiger charge is -2.06. The van der Waals surface area contributed by atoms with Gasteiger partial charge in [0.2, 0.25) is 0 Å². The van der Waals surface area contributed by atoms with Crippen molar-refractivity contribution in [1.29, 1.82) is 0 Å². The lowest BCUT2D eigenvalue weighted by Crippen LogP contribution is -2.13. The van der Waals surface area contributed by atoms with Crippen LogP contribution in [0.4, 0.5) is 15.2 Å². The van der Waals surface area contributed by atoms with E-state index in [9.17, 15) is 12.8 Å². The van der Waals surface area contributed by atoms with Gasteiger partial charge < -0.3 is 5.73 Å². The number of halogens is 1. The Morgan fingerprint density at radius 3 is 2.67 bits per heavy atom. The molecule has 1 heterocycles. The summed E-state index contributed by atoms with van der Waals surface area (Å²) in [5.41, 5.74) is 6.20. The number of benzene rings is 2. The molecule has 3 aromatic rings. The van der Waals surface area contributed by atoms with Gasteiger partial charge in [0.05, 0.1) is 15.1 Å². The van der Waals surface area contributed by atoms with Gasteiger partial charge in [-0.1, -0.05) is 23.5 Å². The molecule has 5 nitrogen and oxygen atoms in total. The van der Waals surface area contributed by atoms with Gasteiger partial charge in [-0.2, -0.15) is 0 Å². The molecule has 0 saturated carbocycles. The van der Waals surface area contributed by atoms with Crippen LogP contribution in [-0.2, 0) is 10.0 Å². The molecule has 0 aliphatic carbocycles. The van der Waals surface area contributed by atoms with E-state index in [-0.39, 0.29) is 15.7 Å². The zero-order chi connectivity index (χ0) is 15.0. The molecule has 0 atom stereocenters. The number of thiazole rings is 1. The summed E-state index contributed by atoms with van der Waals surface area (Å²) in [6.07, 6.45) is 0. The molecule has 0 amide bonds. The maximum Gasteiger partial charge on any atom is 0.263 e. The first-order chi connectivity index (χ1) is 9.94. The van der Waals surface area contributed by atoms with Gasteiger partial charge in [0, 0.05) is 5.69 Å². The second-order valence-corrected chi connectivity index (χ2v) is 7.03. The molecule has 1 aromatic heterocycles. The summed E-state index contributed by atoms with van der Waals surface area (Å²) in [5.74, 6) is -0.709. The van der Waals surface area contributed by atoms with Crippen molar-refractivity contribution in [3.8, 4) is 0 Å². The fourth-order valence-electron chi connectivity index (χ4n) is 1.83. The Morgan fingerprint density at radius 1 is 1.19 bits per heavy atom. The van der Waals surface area contributed by atoms with Crippen molar-refractivity contribution in [2.75, 3.05) is 10.5 Å². The van der Waals surface area contributed by atoms with Crippen LogP contribution < -0.4 is 10.5 Å². The normalized spacial score (nSPS) is 11.7. The minimum absolute atomic E-state index is 0.0414. The van der Waals surface area contributed by atoms with Crippen LogP contribution in [0.5, 0.6) is 0 Å². The maximum absolute atomic E-state index is 13.3. The third kappa shape index (κ3) is 2.81. The van der Waals surface area contributed by atoms with E-state index in [1.807, 2.05) is 18.2 Å². The van der Waals surface area contributed by atoms with Crippen LogP contribution in [0.1, 0.15) is 0 Å². The molecule has 0 aliphatic heterocycles. The first-order valence-corrected chi connectivity index (χ1v) is 8.18. The number of nitrogens with zero attached hydrogens (tertiary/aromatic N) is 1. The summed E-state index contributed by atoms with van der Waals surface area (Å²) in [4.78, 5) is 3.93. The molecular formula is C13H10FN3O2S2. The summed E-state index contributed by atoms with van der Waals surface area (Å²) in [5, 5.41) is 0.221. The van der Waals surface area contributed by atoms with E-state index in [0.29, 0.717) is 5.52 Å². The van der Waals surface area contributed by atoms with Crippen LogP contribution in [0, 0.1) is 5.82 Å². The van der Waals surface area contributed by atoms with E-state index in [0.717, 1.165) is 16.8 Å². The minimum Gasteiger partial charge on any atom is -0.399 e. The zero-order valence-corrected chi connectivity index (χ0v) is 12.2. The Labute approximate surface area is 124 Å². The molecule has 108 valence electrons. The SMILES string of the molecule is Nc1cc(F)cc(S(=O)(=O)Nc2nc3ccccc3s2)c1. The van der Waals surface area contributed by atoms with Crippen LogP contribution >= 0.6 is 11.3 Å². The number of anilines is 2. The molecule has 0 unspecified atom stereocenters. The molecule has 21 heavy (non-hydrogen) atoms. The van der Waals surface area contributed by atoms with Gasteiger partial charge in [0.25, 0.3) is 10.0 Å². The van der Waals surface area contributed by atoms with Crippen LogP contribution in [-0.4, -0.2) is 13.4 Å². The topological polar surface area (TPSA) is 85.1 Å². The number of rotatable bonds is 3. The molecule has 2 aromatic carbocycles. The molecule has 0 radical (unpaired) electrons. The Hall–Kier alpha value is -2.19. The first-order valence-electron chi connectivity index (χ1n) is 5.88. The van der Waals surface area contributed by atoms with Crippen molar-refractivity contribution in [2.45, 2.75) is 4.90 Å². The van der Waals surface area contributed by atoms with Gasteiger partial charge in [0.1, 0.15) is 5.82 Å². The van der Waals surface area contributed by atoms with Gasteiger partial charge in [-0.15, -0.1) is 0 Å². The van der Waals surface area contributed by atoms with E-state index in [1.54, 1.807) is 6.07 Å². The summed E-state index contributed by atoms with van der Waals surface area (Å²) in [7, 11) is -3.93.